The lowest BCUT2D eigenvalue weighted by molar-refractivity contribution is -0.0189. The summed E-state index contributed by atoms with van der Waals surface area (Å²) in [4.78, 5) is 4.73. The fourth-order valence-corrected chi connectivity index (χ4v) is 2.97. The highest BCUT2D eigenvalue weighted by Crippen LogP contribution is 2.37. The molecule has 1 aliphatic carbocycles. The van der Waals surface area contributed by atoms with E-state index in [0.717, 1.165) is 45.3 Å². The van der Waals surface area contributed by atoms with E-state index in [0.29, 0.717) is 11.5 Å². The largest absolute Gasteiger partial charge is 0.391 e. The van der Waals surface area contributed by atoms with Crippen molar-refractivity contribution in [2.24, 2.45) is 5.41 Å². The minimum Gasteiger partial charge on any atom is -0.391 e. The van der Waals surface area contributed by atoms with Gasteiger partial charge in [-0.15, -0.1) is 0 Å². The van der Waals surface area contributed by atoms with Crippen molar-refractivity contribution in [2.75, 3.05) is 33.7 Å². The SMILES string of the molecule is CCCN(CCN(C)C)C1CC(C)(C)CCC1O. The van der Waals surface area contributed by atoms with Crippen molar-refractivity contribution in [3.8, 4) is 0 Å². The van der Waals surface area contributed by atoms with Gasteiger partial charge in [-0.25, -0.2) is 0 Å². The molecule has 0 heterocycles. The zero-order chi connectivity index (χ0) is 13.8. The summed E-state index contributed by atoms with van der Waals surface area (Å²) in [5.41, 5.74) is 0.383. The molecule has 3 heteroatoms. The molecule has 0 aromatic carbocycles. The van der Waals surface area contributed by atoms with Crippen LogP contribution >= 0.6 is 0 Å². The van der Waals surface area contributed by atoms with Crippen LogP contribution in [0.15, 0.2) is 0 Å². The van der Waals surface area contributed by atoms with E-state index >= 15 is 0 Å². The maximum atomic E-state index is 10.3. The standard InChI is InChI=1S/C15H32N2O/c1-6-9-17(11-10-16(4)5)13-12-15(2,3)8-7-14(13)18/h13-14,18H,6-12H2,1-5H3. The summed E-state index contributed by atoms with van der Waals surface area (Å²) in [6, 6.07) is 0.355. The van der Waals surface area contributed by atoms with Gasteiger partial charge in [-0.1, -0.05) is 20.8 Å². The van der Waals surface area contributed by atoms with Gasteiger partial charge in [-0.2, -0.15) is 0 Å². The second-order valence-electron chi connectivity index (χ2n) is 6.88. The Morgan fingerprint density at radius 1 is 1.17 bits per heavy atom. The molecule has 1 rings (SSSR count). The summed E-state index contributed by atoms with van der Waals surface area (Å²) < 4.78 is 0. The first-order chi connectivity index (χ1) is 8.35. The minimum atomic E-state index is -0.133. The number of hydrogen-bond acceptors (Lipinski definition) is 3. The van der Waals surface area contributed by atoms with Gasteiger partial charge in [0.2, 0.25) is 0 Å². The van der Waals surface area contributed by atoms with E-state index in [-0.39, 0.29) is 6.10 Å². The quantitative estimate of drug-likeness (QED) is 0.789. The fourth-order valence-electron chi connectivity index (χ4n) is 2.97. The van der Waals surface area contributed by atoms with Gasteiger partial charge in [-0.05, 0) is 51.7 Å². The molecule has 2 unspecified atom stereocenters. The molecule has 108 valence electrons. The molecule has 18 heavy (non-hydrogen) atoms. The van der Waals surface area contributed by atoms with E-state index < -0.39 is 0 Å². The van der Waals surface area contributed by atoms with Crippen LogP contribution in [0.3, 0.4) is 0 Å². The number of likely N-dealkylation sites (N-methyl/N-ethyl adjacent to an activating group) is 1. The maximum Gasteiger partial charge on any atom is 0.0695 e. The molecule has 0 aromatic heterocycles. The Kier molecular flexibility index (Phi) is 6.09. The van der Waals surface area contributed by atoms with Crippen molar-refractivity contribution in [3.63, 3.8) is 0 Å². The van der Waals surface area contributed by atoms with Gasteiger partial charge in [0.25, 0.3) is 0 Å². The number of hydrogen-bond donors (Lipinski definition) is 1. The smallest absolute Gasteiger partial charge is 0.0695 e. The van der Waals surface area contributed by atoms with Gasteiger partial charge in [0.15, 0.2) is 0 Å². The Labute approximate surface area is 113 Å². The molecule has 0 spiro atoms. The third-order valence-corrected chi connectivity index (χ3v) is 4.14. The van der Waals surface area contributed by atoms with Crippen LogP contribution in [0.5, 0.6) is 0 Å². The van der Waals surface area contributed by atoms with E-state index in [1.54, 1.807) is 0 Å². The summed E-state index contributed by atoms with van der Waals surface area (Å²) in [7, 11) is 4.23. The normalized spacial score (nSPS) is 28.0. The topological polar surface area (TPSA) is 26.7 Å². The highest BCUT2D eigenvalue weighted by molar-refractivity contribution is 4.90. The highest BCUT2D eigenvalue weighted by atomic mass is 16.3. The summed E-state index contributed by atoms with van der Waals surface area (Å²) >= 11 is 0. The Bertz CT molecular complexity index is 241. The lowest BCUT2D eigenvalue weighted by atomic mass is 9.73. The predicted molar refractivity (Wildman–Crippen MR) is 77.8 cm³/mol. The predicted octanol–water partition coefficient (Wildman–Crippen LogP) is 2.20. The Balaban J connectivity index is 2.63. The zero-order valence-corrected chi connectivity index (χ0v) is 12.9. The van der Waals surface area contributed by atoms with Crippen molar-refractivity contribution >= 4 is 0 Å². The molecule has 0 bridgehead atoms. The Morgan fingerprint density at radius 2 is 1.83 bits per heavy atom. The average molecular weight is 256 g/mol. The molecule has 1 N–H and O–H groups in total. The Hall–Kier alpha value is -0.120. The fraction of sp³-hybridized carbons (Fsp3) is 1.00. The van der Waals surface area contributed by atoms with E-state index in [4.69, 9.17) is 0 Å². The third-order valence-electron chi connectivity index (χ3n) is 4.14. The number of rotatable bonds is 6. The molecule has 1 saturated carbocycles. The highest BCUT2D eigenvalue weighted by Gasteiger charge is 2.36. The first-order valence-corrected chi connectivity index (χ1v) is 7.42. The second kappa shape index (κ2) is 6.88. The van der Waals surface area contributed by atoms with Crippen LogP contribution in [0.4, 0.5) is 0 Å². The van der Waals surface area contributed by atoms with Crippen LogP contribution in [0.25, 0.3) is 0 Å². The monoisotopic (exact) mass is 256 g/mol. The average Bonchev–Trinajstić information content (AvgIpc) is 2.27. The summed E-state index contributed by atoms with van der Waals surface area (Å²) in [6.45, 7) is 10.1. The zero-order valence-electron chi connectivity index (χ0n) is 12.9. The molecule has 0 saturated heterocycles. The van der Waals surface area contributed by atoms with Crippen LogP contribution < -0.4 is 0 Å². The summed E-state index contributed by atoms with van der Waals surface area (Å²) in [5.74, 6) is 0. The molecule has 3 nitrogen and oxygen atoms in total. The lowest BCUT2D eigenvalue weighted by Gasteiger charge is -2.44. The number of aliphatic hydroxyl groups is 1. The van der Waals surface area contributed by atoms with Crippen LogP contribution in [0.2, 0.25) is 0 Å². The molecular weight excluding hydrogens is 224 g/mol. The van der Waals surface area contributed by atoms with Crippen LogP contribution in [-0.2, 0) is 0 Å². The van der Waals surface area contributed by atoms with E-state index in [1.165, 1.54) is 0 Å². The van der Waals surface area contributed by atoms with Gasteiger partial charge in [0.1, 0.15) is 0 Å². The maximum absolute atomic E-state index is 10.3. The second-order valence-corrected chi connectivity index (χ2v) is 6.88. The van der Waals surface area contributed by atoms with Crippen molar-refractivity contribution < 1.29 is 5.11 Å². The summed E-state index contributed by atoms with van der Waals surface area (Å²) in [5, 5.41) is 10.3. The van der Waals surface area contributed by atoms with Gasteiger partial charge in [0.05, 0.1) is 6.10 Å². The van der Waals surface area contributed by atoms with E-state index in [9.17, 15) is 5.11 Å². The van der Waals surface area contributed by atoms with Crippen LogP contribution in [0, 0.1) is 5.41 Å². The lowest BCUT2D eigenvalue weighted by Crippen LogP contribution is -2.51. The van der Waals surface area contributed by atoms with Crippen LogP contribution in [0.1, 0.15) is 46.5 Å². The van der Waals surface area contributed by atoms with Crippen molar-refractivity contribution in [1.29, 1.82) is 0 Å². The van der Waals surface area contributed by atoms with E-state index in [1.807, 2.05) is 0 Å². The van der Waals surface area contributed by atoms with Gasteiger partial charge >= 0.3 is 0 Å². The molecule has 2 atom stereocenters. The molecule has 1 fully saturated rings. The first-order valence-electron chi connectivity index (χ1n) is 7.42. The molecule has 0 radical (unpaired) electrons. The summed E-state index contributed by atoms with van der Waals surface area (Å²) in [6.07, 6.45) is 4.27. The number of aliphatic hydroxyl groups excluding tert-OH is 1. The van der Waals surface area contributed by atoms with Gasteiger partial charge in [-0.3, -0.25) is 4.90 Å². The van der Waals surface area contributed by atoms with Gasteiger partial charge in [0, 0.05) is 19.1 Å². The van der Waals surface area contributed by atoms with Crippen molar-refractivity contribution in [2.45, 2.75) is 58.6 Å². The number of nitrogens with zero attached hydrogens (tertiary/aromatic N) is 2. The van der Waals surface area contributed by atoms with Crippen molar-refractivity contribution in [3.05, 3.63) is 0 Å². The Morgan fingerprint density at radius 3 is 2.39 bits per heavy atom. The van der Waals surface area contributed by atoms with E-state index in [2.05, 4.69) is 44.7 Å². The molecule has 0 aromatic rings. The molecule has 1 aliphatic rings. The molecular formula is C15H32N2O. The third kappa shape index (κ3) is 4.87. The minimum absolute atomic E-state index is 0.133. The molecule has 0 aliphatic heterocycles. The van der Waals surface area contributed by atoms with Gasteiger partial charge < -0.3 is 10.0 Å². The van der Waals surface area contributed by atoms with Crippen molar-refractivity contribution in [1.82, 2.24) is 9.80 Å². The first kappa shape index (κ1) is 15.9. The van der Waals surface area contributed by atoms with Crippen LogP contribution in [-0.4, -0.2) is 60.8 Å². The molecule has 0 amide bonds.